The SMILES string of the molecule is CCCCCCCCCc1ccc(-c2ccccc2-c2ccc(OC(=O)C(C)(F)CCCCCCCCC)cc2)cc1. The van der Waals surface area contributed by atoms with Crippen LogP contribution in [0.15, 0.2) is 72.8 Å². The van der Waals surface area contributed by atoms with Crippen molar-refractivity contribution in [2.24, 2.45) is 0 Å². The lowest BCUT2D eigenvalue weighted by molar-refractivity contribution is -0.147. The van der Waals surface area contributed by atoms with E-state index in [4.69, 9.17) is 4.74 Å². The van der Waals surface area contributed by atoms with Crippen LogP contribution >= 0.6 is 0 Å². The summed E-state index contributed by atoms with van der Waals surface area (Å²) in [5, 5.41) is 0. The van der Waals surface area contributed by atoms with Crippen molar-refractivity contribution < 1.29 is 13.9 Å². The van der Waals surface area contributed by atoms with Crippen molar-refractivity contribution in [3.8, 4) is 28.0 Å². The van der Waals surface area contributed by atoms with Crippen LogP contribution in [0.4, 0.5) is 4.39 Å². The highest BCUT2D eigenvalue weighted by Gasteiger charge is 2.34. The van der Waals surface area contributed by atoms with Gasteiger partial charge in [0.1, 0.15) is 5.75 Å². The first kappa shape index (κ1) is 33.6. The van der Waals surface area contributed by atoms with Crippen LogP contribution in [0, 0.1) is 0 Å². The number of hydrogen-bond acceptors (Lipinski definition) is 2. The minimum absolute atomic E-state index is 0.197. The van der Waals surface area contributed by atoms with E-state index in [1.54, 1.807) is 12.1 Å². The number of rotatable bonds is 20. The molecule has 0 aliphatic carbocycles. The second-order valence-corrected chi connectivity index (χ2v) is 12.1. The van der Waals surface area contributed by atoms with Gasteiger partial charge in [-0.2, -0.15) is 0 Å². The Labute approximate surface area is 255 Å². The molecule has 3 aromatic rings. The van der Waals surface area contributed by atoms with E-state index in [1.165, 1.54) is 88.7 Å². The Morgan fingerprint density at radius 2 is 1.07 bits per heavy atom. The van der Waals surface area contributed by atoms with Gasteiger partial charge >= 0.3 is 5.97 Å². The number of ether oxygens (including phenoxy) is 1. The third-order valence-corrected chi connectivity index (χ3v) is 8.31. The molecule has 3 rings (SSSR count). The fourth-order valence-electron chi connectivity index (χ4n) is 5.56. The monoisotopic (exact) mass is 572 g/mol. The topological polar surface area (TPSA) is 26.3 Å². The first-order chi connectivity index (χ1) is 20.4. The highest BCUT2D eigenvalue weighted by Crippen LogP contribution is 2.33. The first-order valence-electron chi connectivity index (χ1n) is 16.6. The van der Waals surface area contributed by atoms with Gasteiger partial charge in [0, 0.05) is 0 Å². The molecule has 1 atom stereocenters. The van der Waals surface area contributed by atoms with Crippen molar-refractivity contribution in [2.75, 3.05) is 0 Å². The largest absolute Gasteiger partial charge is 0.424 e. The molecule has 0 bridgehead atoms. The number of carbonyl (C=O) groups excluding carboxylic acids is 1. The molecular formula is C39H53FO2. The van der Waals surface area contributed by atoms with Gasteiger partial charge in [-0.3, -0.25) is 0 Å². The van der Waals surface area contributed by atoms with E-state index in [-0.39, 0.29) is 6.42 Å². The third kappa shape index (κ3) is 11.4. The van der Waals surface area contributed by atoms with Crippen molar-refractivity contribution in [2.45, 2.75) is 129 Å². The highest BCUT2D eigenvalue weighted by molar-refractivity contribution is 5.84. The van der Waals surface area contributed by atoms with Gasteiger partial charge in [-0.05, 0) is 72.6 Å². The summed E-state index contributed by atoms with van der Waals surface area (Å²) in [5.74, 6) is -0.433. The number of benzene rings is 3. The van der Waals surface area contributed by atoms with Crippen molar-refractivity contribution >= 4 is 5.97 Å². The molecule has 0 aliphatic heterocycles. The fraction of sp³-hybridized carbons (Fsp3) is 0.513. The van der Waals surface area contributed by atoms with Gasteiger partial charge in [0.15, 0.2) is 0 Å². The van der Waals surface area contributed by atoms with E-state index in [1.807, 2.05) is 18.2 Å². The summed E-state index contributed by atoms with van der Waals surface area (Å²) >= 11 is 0. The van der Waals surface area contributed by atoms with E-state index < -0.39 is 11.6 Å². The summed E-state index contributed by atoms with van der Waals surface area (Å²) in [6.45, 7) is 5.81. The average Bonchev–Trinajstić information content (AvgIpc) is 3.01. The van der Waals surface area contributed by atoms with Crippen molar-refractivity contribution in [1.82, 2.24) is 0 Å². The van der Waals surface area contributed by atoms with E-state index in [0.717, 1.165) is 36.0 Å². The third-order valence-electron chi connectivity index (χ3n) is 8.31. The molecule has 0 heterocycles. The fourth-order valence-corrected chi connectivity index (χ4v) is 5.56. The van der Waals surface area contributed by atoms with Crippen LogP contribution in [0.25, 0.3) is 22.3 Å². The van der Waals surface area contributed by atoms with Gasteiger partial charge in [0.05, 0.1) is 0 Å². The summed E-state index contributed by atoms with van der Waals surface area (Å²) in [5.41, 5.74) is 3.91. The molecule has 0 fully saturated rings. The molecule has 0 radical (unpaired) electrons. The lowest BCUT2D eigenvalue weighted by atomic mass is 9.93. The maximum absolute atomic E-state index is 15.1. The lowest BCUT2D eigenvalue weighted by Gasteiger charge is -2.18. The second kappa shape index (κ2) is 18.6. The Morgan fingerprint density at radius 3 is 1.60 bits per heavy atom. The summed E-state index contributed by atoms with van der Waals surface area (Å²) in [4.78, 5) is 12.6. The average molecular weight is 573 g/mol. The van der Waals surface area contributed by atoms with Gasteiger partial charge in [0.2, 0.25) is 5.67 Å². The van der Waals surface area contributed by atoms with Crippen LogP contribution in [0.3, 0.4) is 0 Å². The number of hydrogen-bond donors (Lipinski definition) is 0. The zero-order valence-electron chi connectivity index (χ0n) is 26.4. The van der Waals surface area contributed by atoms with Crippen LogP contribution < -0.4 is 4.74 Å². The smallest absolute Gasteiger partial charge is 0.348 e. The van der Waals surface area contributed by atoms with Crippen LogP contribution in [-0.2, 0) is 11.2 Å². The first-order valence-corrected chi connectivity index (χ1v) is 16.6. The minimum atomic E-state index is -1.98. The standard InChI is InChI=1S/C39H53FO2/c1-4-6-8-10-12-14-16-20-32-23-25-33(26-24-32)36-21-17-18-22-37(36)34-27-29-35(30-28-34)42-38(41)39(3,40)31-19-15-13-11-9-7-5-2/h17-18,21-30H,4-16,19-20,31H2,1-3H3. The Hall–Kier alpha value is -2.94. The minimum Gasteiger partial charge on any atom is -0.424 e. The molecule has 0 aliphatic rings. The Morgan fingerprint density at radius 1 is 0.619 bits per heavy atom. The molecule has 2 nitrogen and oxygen atoms in total. The van der Waals surface area contributed by atoms with Crippen LogP contribution in [-0.4, -0.2) is 11.6 Å². The molecule has 3 heteroatoms. The second-order valence-electron chi connectivity index (χ2n) is 12.1. The zero-order chi connectivity index (χ0) is 30.0. The normalized spacial score (nSPS) is 12.7. The van der Waals surface area contributed by atoms with Crippen LogP contribution in [0.5, 0.6) is 5.75 Å². The highest BCUT2D eigenvalue weighted by atomic mass is 19.1. The van der Waals surface area contributed by atoms with Crippen molar-refractivity contribution in [3.63, 3.8) is 0 Å². The van der Waals surface area contributed by atoms with Crippen molar-refractivity contribution in [3.05, 3.63) is 78.4 Å². The molecular weight excluding hydrogens is 519 g/mol. The van der Waals surface area contributed by atoms with Gasteiger partial charge in [-0.15, -0.1) is 0 Å². The maximum Gasteiger partial charge on any atom is 0.348 e. The molecule has 0 N–H and O–H groups in total. The maximum atomic E-state index is 15.1. The van der Waals surface area contributed by atoms with E-state index in [9.17, 15) is 4.79 Å². The molecule has 1 unspecified atom stereocenters. The van der Waals surface area contributed by atoms with Gasteiger partial charge in [-0.1, -0.05) is 152 Å². The van der Waals surface area contributed by atoms with Crippen LogP contribution in [0.1, 0.15) is 123 Å². The lowest BCUT2D eigenvalue weighted by Crippen LogP contribution is -2.34. The number of halogens is 1. The molecule has 42 heavy (non-hydrogen) atoms. The molecule has 0 aromatic heterocycles. The number of unbranched alkanes of at least 4 members (excludes halogenated alkanes) is 12. The van der Waals surface area contributed by atoms with E-state index >= 15 is 4.39 Å². The summed E-state index contributed by atoms with van der Waals surface area (Å²) in [6.07, 6.45) is 18.3. The summed E-state index contributed by atoms with van der Waals surface area (Å²) in [7, 11) is 0. The molecule has 228 valence electrons. The Kier molecular flexibility index (Phi) is 14.8. The molecule has 3 aromatic carbocycles. The number of carbonyl (C=O) groups is 1. The zero-order valence-corrected chi connectivity index (χ0v) is 26.4. The van der Waals surface area contributed by atoms with Gasteiger partial charge < -0.3 is 4.74 Å². The molecule has 0 saturated carbocycles. The molecule has 0 spiro atoms. The Balaban J connectivity index is 1.53. The summed E-state index contributed by atoms with van der Waals surface area (Å²) < 4.78 is 20.5. The molecule has 0 amide bonds. The summed E-state index contributed by atoms with van der Waals surface area (Å²) in [6, 6.07) is 24.7. The number of alkyl halides is 1. The van der Waals surface area contributed by atoms with Gasteiger partial charge in [-0.25, -0.2) is 9.18 Å². The van der Waals surface area contributed by atoms with E-state index in [0.29, 0.717) is 12.2 Å². The number of esters is 1. The van der Waals surface area contributed by atoms with Gasteiger partial charge in [0.25, 0.3) is 0 Å². The molecule has 0 saturated heterocycles. The predicted molar refractivity (Wildman–Crippen MR) is 177 cm³/mol. The van der Waals surface area contributed by atoms with E-state index in [2.05, 4.69) is 56.3 Å². The predicted octanol–water partition coefficient (Wildman–Crippen LogP) is 12.1. The van der Waals surface area contributed by atoms with Crippen molar-refractivity contribution in [1.29, 1.82) is 0 Å². The number of aryl methyl sites for hydroxylation is 1. The Bertz CT molecular complexity index is 1160. The van der Waals surface area contributed by atoms with Crippen LogP contribution in [0.2, 0.25) is 0 Å². The quantitative estimate of drug-likeness (QED) is 0.0764.